The SMILES string of the molecule is O=C1C(Br)=CC(Br)=CC1=CNc1ccc(I)cc1.O=C1C(Br)=CC(Br)=CC1=CNc1ccc(I)cc1.[Co]. The number of rotatable bonds is 4. The number of Topliss-reactive ketones (excluding diaryl/α,β-unsaturated/α-hetero) is 2. The van der Waals surface area contributed by atoms with Crippen LogP contribution in [-0.2, 0) is 26.4 Å². The maximum Gasteiger partial charge on any atom is 0.201 e. The van der Waals surface area contributed by atoms with E-state index in [1.54, 1.807) is 36.7 Å². The van der Waals surface area contributed by atoms with Crippen molar-refractivity contribution < 1.29 is 26.4 Å². The van der Waals surface area contributed by atoms with E-state index in [0.717, 1.165) is 20.3 Å². The molecule has 0 fully saturated rings. The Labute approximate surface area is 286 Å². The normalized spacial score (nSPS) is 17.0. The van der Waals surface area contributed by atoms with Crippen molar-refractivity contribution in [2.24, 2.45) is 0 Å². The molecule has 0 heterocycles. The van der Waals surface area contributed by atoms with Crippen LogP contribution in [0.25, 0.3) is 0 Å². The van der Waals surface area contributed by atoms with Gasteiger partial charge in [-0.3, -0.25) is 9.59 Å². The van der Waals surface area contributed by atoms with Crippen molar-refractivity contribution in [1.82, 2.24) is 0 Å². The van der Waals surface area contributed by atoms with Crippen molar-refractivity contribution in [3.63, 3.8) is 0 Å². The zero-order valence-electron chi connectivity index (χ0n) is 18.5. The molecule has 2 aliphatic rings. The standard InChI is InChI=1S/2C13H8Br2INO.Co/c2*14-9-5-8(13(18)12(15)6-9)7-17-11-3-1-10(16)2-4-11;/h2*1-7,17H;. The van der Waals surface area contributed by atoms with Gasteiger partial charge >= 0.3 is 0 Å². The predicted molar refractivity (Wildman–Crippen MR) is 180 cm³/mol. The summed E-state index contributed by atoms with van der Waals surface area (Å²) in [5, 5.41) is 6.23. The Kier molecular flexibility index (Phi) is 14.3. The molecule has 2 aromatic rings. The van der Waals surface area contributed by atoms with E-state index in [2.05, 4.69) is 120 Å². The molecule has 0 spiro atoms. The minimum Gasteiger partial charge on any atom is -0.361 e. The van der Waals surface area contributed by atoms with Crippen LogP contribution in [-0.4, -0.2) is 11.6 Å². The van der Waals surface area contributed by atoms with Crippen molar-refractivity contribution in [3.8, 4) is 0 Å². The summed E-state index contributed by atoms with van der Waals surface area (Å²) in [5.74, 6) is -0.0626. The summed E-state index contributed by atoms with van der Waals surface area (Å²) in [5.41, 5.74) is 3.11. The molecule has 0 aliphatic heterocycles. The van der Waals surface area contributed by atoms with Gasteiger partial charge in [-0.25, -0.2) is 0 Å². The van der Waals surface area contributed by atoms with Gasteiger partial charge in [0.25, 0.3) is 0 Å². The Hall–Kier alpha value is -0.294. The first kappa shape index (κ1) is 32.9. The fourth-order valence-corrected chi connectivity index (χ4v) is 6.03. The van der Waals surface area contributed by atoms with Gasteiger partial charge in [0.1, 0.15) is 0 Å². The summed E-state index contributed by atoms with van der Waals surface area (Å²) in [6, 6.07) is 15.9. The molecule has 0 saturated carbocycles. The Balaban J connectivity index is 0.000000253. The number of hydrogen-bond donors (Lipinski definition) is 2. The maximum absolute atomic E-state index is 11.9. The number of carbonyl (C=O) groups excluding carboxylic acids is 2. The molecule has 193 valence electrons. The summed E-state index contributed by atoms with van der Waals surface area (Å²) in [7, 11) is 0. The van der Waals surface area contributed by atoms with Crippen molar-refractivity contribution in [2.75, 3.05) is 10.6 Å². The van der Waals surface area contributed by atoms with E-state index in [0.29, 0.717) is 20.1 Å². The summed E-state index contributed by atoms with van der Waals surface area (Å²) in [6.07, 6.45) is 10.5. The second-order valence-electron chi connectivity index (χ2n) is 7.20. The smallest absolute Gasteiger partial charge is 0.201 e. The molecule has 2 aromatic carbocycles. The number of halogens is 6. The second kappa shape index (κ2) is 16.1. The number of nitrogens with one attached hydrogen (secondary N) is 2. The van der Waals surface area contributed by atoms with Crippen LogP contribution in [0, 0.1) is 7.14 Å². The average molecular weight is 1020 g/mol. The van der Waals surface area contributed by atoms with Gasteiger partial charge in [0.15, 0.2) is 0 Å². The van der Waals surface area contributed by atoms with Gasteiger partial charge in [-0.15, -0.1) is 0 Å². The third-order valence-electron chi connectivity index (χ3n) is 4.55. The Morgan fingerprint density at radius 1 is 0.568 bits per heavy atom. The topological polar surface area (TPSA) is 58.2 Å². The van der Waals surface area contributed by atoms with E-state index in [9.17, 15) is 9.59 Å². The van der Waals surface area contributed by atoms with Gasteiger partial charge in [0, 0.05) is 67.8 Å². The molecular formula is C26H16Br4CoI2N2O2. The Morgan fingerprint density at radius 2 is 0.892 bits per heavy atom. The van der Waals surface area contributed by atoms with Crippen LogP contribution in [0.15, 0.2) is 114 Å². The predicted octanol–water partition coefficient (Wildman–Crippen LogP) is 9.45. The van der Waals surface area contributed by atoms with Crippen LogP contribution in [0.4, 0.5) is 11.4 Å². The van der Waals surface area contributed by atoms with Crippen molar-refractivity contribution >= 4 is 132 Å². The first-order chi connectivity index (χ1) is 17.1. The van der Waals surface area contributed by atoms with Gasteiger partial charge in [0.05, 0.1) is 8.96 Å². The van der Waals surface area contributed by atoms with E-state index in [4.69, 9.17) is 0 Å². The summed E-state index contributed by atoms with van der Waals surface area (Å²) in [4.78, 5) is 23.7. The Bertz CT molecular complexity index is 1260. The van der Waals surface area contributed by atoms with Gasteiger partial charge in [-0.1, -0.05) is 31.9 Å². The van der Waals surface area contributed by atoms with Crippen LogP contribution in [0.1, 0.15) is 0 Å². The fourth-order valence-electron chi connectivity index (χ4n) is 2.79. The minimum atomic E-state index is -0.0313. The molecule has 4 rings (SSSR count). The van der Waals surface area contributed by atoms with Gasteiger partial charge in [0.2, 0.25) is 11.6 Å². The monoisotopic (exact) mass is 1020 g/mol. The van der Waals surface area contributed by atoms with E-state index in [-0.39, 0.29) is 28.3 Å². The molecule has 1 radical (unpaired) electrons. The van der Waals surface area contributed by atoms with E-state index < -0.39 is 0 Å². The van der Waals surface area contributed by atoms with Gasteiger partial charge < -0.3 is 10.6 Å². The molecule has 0 aromatic heterocycles. The van der Waals surface area contributed by atoms with E-state index in [1.165, 1.54) is 7.14 Å². The van der Waals surface area contributed by atoms with Crippen LogP contribution >= 0.6 is 109 Å². The molecule has 4 nitrogen and oxygen atoms in total. The van der Waals surface area contributed by atoms with Gasteiger partial charge in [-0.2, -0.15) is 0 Å². The molecule has 0 saturated heterocycles. The number of anilines is 2. The zero-order chi connectivity index (χ0) is 26.2. The van der Waals surface area contributed by atoms with Crippen LogP contribution in [0.5, 0.6) is 0 Å². The van der Waals surface area contributed by atoms with Crippen molar-refractivity contribution in [1.29, 1.82) is 0 Å². The van der Waals surface area contributed by atoms with Crippen LogP contribution < -0.4 is 10.6 Å². The molecule has 0 atom stereocenters. The van der Waals surface area contributed by atoms with Crippen LogP contribution in [0.2, 0.25) is 0 Å². The number of benzene rings is 2. The number of hydrogen-bond acceptors (Lipinski definition) is 4. The first-order valence-corrected chi connectivity index (χ1v) is 15.5. The zero-order valence-corrected chi connectivity index (χ0v) is 30.2. The molecule has 37 heavy (non-hydrogen) atoms. The molecule has 0 amide bonds. The van der Waals surface area contributed by atoms with Crippen LogP contribution in [0.3, 0.4) is 0 Å². The van der Waals surface area contributed by atoms with Crippen molar-refractivity contribution in [2.45, 2.75) is 0 Å². The maximum atomic E-state index is 11.9. The third-order valence-corrected chi connectivity index (χ3v) is 8.08. The summed E-state index contributed by atoms with van der Waals surface area (Å²) >= 11 is 17.7. The third kappa shape index (κ3) is 10.7. The number of carbonyl (C=O) groups is 2. The van der Waals surface area contributed by atoms with Gasteiger partial charge in [-0.05, 0) is 150 Å². The summed E-state index contributed by atoms with van der Waals surface area (Å²) in [6.45, 7) is 0. The fraction of sp³-hybridized carbons (Fsp3) is 0. The quantitative estimate of drug-likeness (QED) is 0.237. The number of allylic oxidation sites excluding steroid dienone is 10. The molecule has 0 unspecified atom stereocenters. The molecule has 2 N–H and O–H groups in total. The first-order valence-electron chi connectivity index (χ1n) is 10.1. The molecule has 2 aliphatic carbocycles. The molecular weight excluding hydrogens is 1000 g/mol. The second-order valence-corrected chi connectivity index (χ2v) is 13.2. The minimum absolute atomic E-state index is 0. The number of ketones is 2. The Morgan fingerprint density at radius 3 is 1.22 bits per heavy atom. The summed E-state index contributed by atoms with van der Waals surface area (Å²) < 4.78 is 5.18. The molecule has 11 heteroatoms. The molecule has 0 bridgehead atoms. The van der Waals surface area contributed by atoms with Crippen molar-refractivity contribution in [3.05, 3.63) is 121 Å². The largest absolute Gasteiger partial charge is 0.361 e. The average Bonchev–Trinajstić information content (AvgIpc) is 2.84. The van der Waals surface area contributed by atoms with E-state index >= 15 is 0 Å². The van der Waals surface area contributed by atoms with E-state index in [1.807, 2.05) is 48.5 Å².